The lowest BCUT2D eigenvalue weighted by atomic mass is 10.5. The molecule has 0 spiro atoms. The van der Waals surface area contributed by atoms with Crippen LogP contribution >= 0.6 is 7.37 Å². The molecular formula is C10H24NO5P. The van der Waals surface area contributed by atoms with Crippen molar-refractivity contribution in [3.63, 3.8) is 0 Å². The Labute approximate surface area is 103 Å². The second-order valence-corrected chi connectivity index (χ2v) is 5.99. The van der Waals surface area contributed by atoms with Crippen molar-refractivity contribution in [3.05, 3.63) is 0 Å². The third kappa shape index (κ3) is 7.86. The number of ether oxygens (including phenoxy) is 1. The minimum absolute atomic E-state index is 0.0409. The predicted molar refractivity (Wildman–Crippen MR) is 66.3 cm³/mol. The van der Waals surface area contributed by atoms with Gasteiger partial charge < -0.3 is 19.5 Å². The molecular weight excluding hydrogens is 245 g/mol. The van der Waals surface area contributed by atoms with E-state index < -0.39 is 7.37 Å². The van der Waals surface area contributed by atoms with Gasteiger partial charge in [-0.1, -0.05) is 0 Å². The molecule has 0 aliphatic rings. The summed E-state index contributed by atoms with van der Waals surface area (Å²) in [4.78, 5) is 1.72. The molecule has 7 heteroatoms. The highest BCUT2D eigenvalue weighted by Crippen LogP contribution is 2.47. The number of nitrogens with zero attached hydrogens (tertiary/aromatic N) is 1. The van der Waals surface area contributed by atoms with E-state index in [1.807, 2.05) is 6.92 Å². The molecule has 0 saturated carbocycles. The number of hydrogen-bond acceptors (Lipinski definition) is 6. The molecule has 0 fully saturated rings. The van der Waals surface area contributed by atoms with E-state index in [0.29, 0.717) is 26.3 Å². The van der Waals surface area contributed by atoms with Crippen molar-refractivity contribution in [1.29, 1.82) is 0 Å². The second-order valence-electron chi connectivity index (χ2n) is 3.56. The summed E-state index contributed by atoms with van der Waals surface area (Å²) in [6.45, 7) is 5.10. The van der Waals surface area contributed by atoms with Crippen molar-refractivity contribution in [1.82, 2.24) is 4.90 Å². The van der Waals surface area contributed by atoms with Gasteiger partial charge in [0.15, 0.2) is 0 Å². The monoisotopic (exact) mass is 269 g/mol. The van der Waals surface area contributed by atoms with Gasteiger partial charge in [-0.15, -0.1) is 0 Å². The molecule has 0 aromatic carbocycles. The Balaban J connectivity index is 4.40. The summed E-state index contributed by atoms with van der Waals surface area (Å²) in [5.74, 6) is 0. The van der Waals surface area contributed by atoms with Crippen LogP contribution in [0.15, 0.2) is 0 Å². The molecule has 0 heterocycles. The zero-order valence-corrected chi connectivity index (χ0v) is 11.6. The molecule has 0 aromatic rings. The van der Waals surface area contributed by atoms with E-state index in [4.69, 9.17) is 19.5 Å². The number of aliphatic hydroxyl groups is 2. The molecule has 0 saturated heterocycles. The van der Waals surface area contributed by atoms with Crippen LogP contribution in [-0.2, 0) is 13.8 Å². The van der Waals surface area contributed by atoms with Crippen LogP contribution in [0.4, 0.5) is 0 Å². The van der Waals surface area contributed by atoms with Crippen LogP contribution in [0.1, 0.15) is 13.8 Å². The Hall–Kier alpha value is 0.0300. The fourth-order valence-corrected chi connectivity index (χ4v) is 3.49. The minimum Gasteiger partial charge on any atom is -0.395 e. The maximum absolute atomic E-state index is 12.4. The van der Waals surface area contributed by atoms with Crippen molar-refractivity contribution in [3.8, 4) is 0 Å². The topological polar surface area (TPSA) is 79.2 Å². The molecule has 6 nitrogen and oxygen atoms in total. The van der Waals surface area contributed by atoms with Crippen LogP contribution in [0.2, 0.25) is 0 Å². The Morgan fingerprint density at radius 3 is 2.12 bits per heavy atom. The molecule has 104 valence electrons. The number of aliphatic hydroxyl groups excluding tert-OH is 2. The largest absolute Gasteiger partial charge is 0.395 e. The highest BCUT2D eigenvalue weighted by molar-refractivity contribution is 7.58. The van der Waals surface area contributed by atoms with Crippen molar-refractivity contribution >= 4 is 7.37 Å². The summed E-state index contributed by atoms with van der Waals surface area (Å²) in [6.07, 6.45) is 0.270. The summed E-state index contributed by atoms with van der Waals surface area (Å²) in [5, 5.41) is 17.8. The van der Waals surface area contributed by atoms with Crippen LogP contribution in [0.25, 0.3) is 0 Å². The first-order valence-corrected chi connectivity index (χ1v) is 7.85. The lowest BCUT2D eigenvalue weighted by molar-refractivity contribution is 0.155. The van der Waals surface area contributed by atoms with Gasteiger partial charge in [-0.05, 0) is 13.8 Å². The van der Waals surface area contributed by atoms with Gasteiger partial charge in [-0.25, -0.2) is 0 Å². The summed E-state index contributed by atoms with van der Waals surface area (Å²) in [6, 6.07) is 0. The Bertz CT molecular complexity index is 221. The lowest BCUT2D eigenvalue weighted by Crippen LogP contribution is -2.31. The molecule has 0 amide bonds. The molecule has 1 unspecified atom stereocenters. The van der Waals surface area contributed by atoms with Crippen LogP contribution < -0.4 is 0 Å². The summed E-state index contributed by atoms with van der Waals surface area (Å²) >= 11 is 0. The predicted octanol–water partition coefficient (Wildman–Crippen LogP) is 0.539. The standard InChI is InChI=1S/C10H24NO5P/c1-3-15-10-17(14,16-4-2)9-11(5-7-12)6-8-13/h12-13H,3-10H2,1-2H3. The van der Waals surface area contributed by atoms with Crippen LogP contribution in [0.5, 0.6) is 0 Å². The van der Waals surface area contributed by atoms with Gasteiger partial charge in [-0.3, -0.25) is 9.46 Å². The molecule has 17 heavy (non-hydrogen) atoms. The van der Waals surface area contributed by atoms with Crippen molar-refractivity contribution in [2.45, 2.75) is 13.8 Å². The Morgan fingerprint density at radius 1 is 1.12 bits per heavy atom. The molecule has 0 aromatic heterocycles. The minimum atomic E-state index is -2.87. The average Bonchev–Trinajstić information content (AvgIpc) is 2.27. The molecule has 0 aliphatic carbocycles. The van der Waals surface area contributed by atoms with Crippen LogP contribution in [0.3, 0.4) is 0 Å². The van der Waals surface area contributed by atoms with E-state index in [0.717, 1.165) is 0 Å². The first-order chi connectivity index (χ1) is 8.11. The molecule has 2 N–H and O–H groups in total. The van der Waals surface area contributed by atoms with Crippen molar-refractivity contribution in [2.24, 2.45) is 0 Å². The van der Waals surface area contributed by atoms with Gasteiger partial charge >= 0.3 is 0 Å². The van der Waals surface area contributed by atoms with Crippen LogP contribution in [0, 0.1) is 0 Å². The molecule has 0 radical (unpaired) electrons. The summed E-state index contributed by atoms with van der Waals surface area (Å²) < 4.78 is 22.8. The molecule has 0 aliphatic heterocycles. The van der Waals surface area contributed by atoms with Gasteiger partial charge in [0.2, 0.25) is 7.37 Å². The molecule has 0 rings (SSSR count). The molecule has 0 bridgehead atoms. The van der Waals surface area contributed by atoms with E-state index in [1.54, 1.807) is 11.8 Å². The van der Waals surface area contributed by atoms with Gasteiger partial charge in [0.25, 0.3) is 0 Å². The first kappa shape index (κ1) is 17.0. The SMILES string of the molecule is CCOCP(=O)(CN(CCO)CCO)OCC. The van der Waals surface area contributed by atoms with Crippen LogP contribution in [-0.4, -0.2) is 67.3 Å². The smallest absolute Gasteiger partial charge is 0.241 e. The fourth-order valence-electron chi connectivity index (χ4n) is 1.43. The van der Waals surface area contributed by atoms with E-state index in [9.17, 15) is 4.57 Å². The Morgan fingerprint density at radius 2 is 1.71 bits per heavy atom. The average molecular weight is 269 g/mol. The molecule has 1 atom stereocenters. The second kappa shape index (κ2) is 10.00. The van der Waals surface area contributed by atoms with E-state index in [-0.39, 0.29) is 25.8 Å². The van der Waals surface area contributed by atoms with Gasteiger partial charge in [0.05, 0.1) is 26.1 Å². The fraction of sp³-hybridized carbons (Fsp3) is 1.00. The van der Waals surface area contributed by atoms with Gasteiger partial charge in [-0.2, -0.15) is 0 Å². The summed E-state index contributed by atoms with van der Waals surface area (Å²) in [7, 11) is -2.87. The van der Waals surface area contributed by atoms with Crippen molar-refractivity contribution < 1.29 is 24.0 Å². The highest BCUT2D eigenvalue weighted by Gasteiger charge is 2.26. The lowest BCUT2D eigenvalue weighted by Gasteiger charge is -2.26. The third-order valence-electron chi connectivity index (χ3n) is 2.10. The van der Waals surface area contributed by atoms with Gasteiger partial charge in [0.1, 0.15) is 6.35 Å². The normalized spacial score (nSPS) is 15.1. The van der Waals surface area contributed by atoms with Gasteiger partial charge in [0, 0.05) is 19.7 Å². The summed E-state index contributed by atoms with van der Waals surface area (Å²) in [5.41, 5.74) is 0. The Kier molecular flexibility index (Phi) is 10.0. The van der Waals surface area contributed by atoms with E-state index in [1.165, 1.54) is 0 Å². The number of rotatable bonds is 11. The first-order valence-electron chi connectivity index (χ1n) is 5.86. The zero-order valence-electron chi connectivity index (χ0n) is 10.7. The zero-order chi connectivity index (χ0) is 13.1. The number of hydrogen-bond donors (Lipinski definition) is 2. The highest BCUT2D eigenvalue weighted by atomic mass is 31.2. The maximum atomic E-state index is 12.4. The maximum Gasteiger partial charge on any atom is 0.241 e. The van der Waals surface area contributed by atoms with E-state index >= 15 is 0 Å². The third-order valence-corrected chi connectivity index (χ3v) is 4.24. The quantitative estimate of drug-likeness (QED) is 0.533. The van der Waals surface area contributed by atoms with E-state index in [2.05, 4.69) is 0 Å². The van der Waals surface area contributed by atoms with Crippen molar-refractivity contribution in [2.75, 3.05) is 52.2 Å².